The molecule has 1 heterocycles. The van der Waals surface area contributed by atoms with Crippen LogP contribution in [0.3, 0.4) is 0 Å². The molecule has 0 spiro atoms. The van der Waals surface area contributed by atoms with Crippen LogP contribution >= 0.6 is 0 Å². The second-order valence-corrected chi connectivity index (χ2v) is 4.30. The maximum absolute atomic E-state index is 11.7. The summed E-state index contributed by atoms with van der Waals surface area (Å²) in [4.78, 5) is 17.2. The van der Waals surface area contributed by atoms with Gasteiger partial charge in [0.25, 0.3) is 5.91 Å². The molecular weight excluding hydrogens is 206 g/mol. The highest BCUT2D eigenvalue weighted by atomic mass is 16.3. The molecule has 0 aliphatic rings. The Labute approximate surface area is 94.9 Å². The molecule has 0 bridgehead atoms. The van der Waals surface area contributed by atoms with E-state index in [0.29, 0.717) is 12.2 Å². The first-order valence-corrected chi connectivity index (χ1v) is 4.99. The number of nitrogen functional groups attached to an aromatic ring is 1. The molecule has 1 amide bonds. The lowest BCUT2D eigenvalue weighted by Gasteiger charge is -2.24. The van der Waals surface area contributed by atoms with E-state index >= 15 is 0 Å². The van der Waals surface area contributed by atoms with Crippen molar-refractivity contribution in [2.75, 3.05) is 12.8 Å². The van der Waals surface area contributed by atoms with Crippen LogP contribution in [0.2, 0.25) is 0 Å². The van der Waals surface area contributed by atoms with E-state index in [4.69, 9.17) is 5.73 Å². The average Bonchev–Trinajstić information content (AvgIpc) is 2.19. The molecule has 3 N–H and O–H groups in total. The zero-order chi connectivity index (χ0) is 12.3. The number of aromatic nitrogens is 1. The molecule has 0 aromatic carbocycles. The Morgan fingerprint density at radius 2 is 2.19 bits per heavy atom. The highest BCUT2D eigenvalue weighted by Crippen LogP contribution is 2.09. The fourth-order valence-electron chi connectivity index (χ4n) is 1.31. The van der Waals surface area contributed by atoms with Gasteiger partial charge in [-0.3, -0.25) is 9.78 Å². The Morgan fingerprint density at radius 1 is 1.56 bits per heavy atom. The first-order valence-electron chi connectivity index (χ1n) is 4.99. The van der Waals surface area contributed by atoms with Crippen LogP contribution in [0.25, 0.3) is 0 Å². The van der Waals surface area contributed by atoms with E-state index in [1.807, 2.05) is 0 Å². The molecule has 88 valence electrons. The van der Waals surface area contributed by atoms with Gasteiger partial charge in [0.1, 0.15) is 5.60 Å². The fourth-order valence-corrected chi connectivity index (χ4v) is 1.31. The molecule has 1 rings (SSSR count). The van der Waals surface area contributed by atoms with Gasteiger partial charge in [0.2, 0.25) is 0 Å². The Bertz CT molecular complexity index is 368. The molecule has 1 aromatic rings. The van der Waals surface area contributed by atoms with Crippen molar-refractivity contribution in [1.29, 1.82) is 0 Å². The topological polar surface area (TPSA) is 79.5 Å². The third kappa shape index (κ3) is 3.20. The van der Waals surface area contributed by atoms with Crippen molar-refractivity contribution in [3.8, 4) is 0 Å². The highest BCUT2D eigenvalue weighted by molar-refractivity contribution is 5.83. The van der Waals surface area contributed by atoms with Crippen LogP contribution in [-0.4, -0.2) is 33.5 Å². The summed E-state index contributed by atoms with van der Waals surface area (Å²) in [5, 5.41) is 9.55. The van der Waals surface area contributed by atoms with Crippen molar-refractivity contribution in [3.63, 3.8) is 0 Å². The lowest BCUT2D eigenvalue weighted by molar-refractivity contribution is -0.147. The van der Waals surface area contributed by atoms with E-state index in [-0.39, 0.29) is 5.91 Å². The minimum Gasteiger partial charge on any atom is -0.397 e. The lowest BCUT2D eigenvalue weighted by Crippen LogP contribution is -2.42. The zero-order valence-corrected chi connectivity index (χ0v) is 9.77. The fraction of sp³-hybridized carbons (Fsp3) is 0.455. The summed E-state index contributed by atoms with van der Waals surface area (Å²) in [7, 11) is 1.62. The number of anilines is 1. The van der Waals surface area contributed by atoms with Gasteiger partial charge in [0, 0.05) is 7.05 Å². The summed E-state index contributed by atoms with van der Waals surface area (Å²) in [6, 6.07) is 3.48. The number of nitrogens with zero attached hydrogens (tertiary/aromatic N) is 2. The van der Waals surface area contributed by atoms with Gasteiger partial charge in [0.05, 0.1) is 24.1 Å². The minimum atomic E-state index is -1.36. The third-order valence-electron chi connectivity index (χ3n) is 2.12. The summed E-state index contributed by atoms with van der Waals surface area (Å²) >= 11 is 0. The van der Waals surface area contributed by atoms with Gasteiger partial charge in [0.15, 0.2) is 0 Å². The normalized spacial score (nSPS) is 11.2. The average molecular weight is 223 g/mol. The monoisotopic (exact) mass is 223 g/mol. The first-order chi connectivity index (χ1) is 7.30. The standard InChI is InChI=1S/C11H17N3O2/c1-11(2,16)10(15)14(3)7-9-5-4-8(12)6-13-9/h4-6,16H,7,12H2,1-3H3. The maximum Gasteiger partial charge on any atom is 0.254 e. The summed E-state index contributed by atoms with van der Waals surface area (Å²) in [6.07, 6.45) is 1.54. The summed E-state index contributed by atoms with van der Waals surface area (Å²) in [6.45, 7) is 3.27. The van der Waals surface area contributed by atoms with Gasteiger partial charge in [-0.25, -0.2) is 0 Å². The number of likely N-dealkylation sites (N-methyl/N-ethyl adjacent to an activating group) is 1. The SMILES string of the molecule is CN(Cc1ccc(N)cn1)C(=O)C(C)(C)O. The number of nitrogens with two attached hydrogens (primary N) is 1. The molecule has 16 heavy (non-hydrogen) atoms. The molecule has 0 radical (unpaired) electrons. The number of hydrogen-bond donors (Lipinski definition) is 2. The van der Waals surface area contributed by atoms with Gasteiger partial charge in [-0.1, -0.05) is 0 Å². The molecule has 0 saturated heterocycles. The highest BCUT2D eigenvalue weighted by Gasteiger charge is 2.27. The molecule has 0 aliphatic carbocycles. The van der Waals surface area contributed by atoms with Gasteiger partial charge >= 0.3 is 0 Å². The lowest BCUT2D eigenvalue weighted by atomic mass is 10.1. The first kappa shape index (κ1) is 12.4. The van der Waals surface area contributed by atoms with E-state index in [1.165, 1.54) is 24.9 Å². The molecule has 1 aromatic heterocycles. The van der Waals surface area contributed by atoms with E-state index in [0.717, 1.165) is 5.69 Å². The van der Waals surface area contributed by atoms with Crippen LogP contribution in [0.5, 0.6) is 0 Å². The second kappa shape index (κ2) is 4.49. The Balaban J connectivity index is 2.68. The van der Waals surface area contributed by atoms with Crippen LogP contribution in [0.15, 0.2) is 18.3 Å². The van der Waals surface area contributed by atoms with Crippen LogP contribution in [0.4, 0.5) is 5.69 Å². The van der Waals surface area contributed by atoms with Gasteiger partial charge in [-0.15, -0.1) is 0 Å². The molecule has 5 heteroatoms. The Kier molecular flexibility index (Phi) is 3.49. The largest absolute Gasteiger partial charge is 0.397 e. The summed E-state index contributed by atoms with van der Waals surface area (Å²) in [5.74, 6) is -0.342. The van der Waals surface area contributed by atoms with Crippen molar-refractivity contribution in [3.05, 3.63) is 24.0 Å². The van der Waals surface area contributed by atoms with Gasteiger partial charge in [-0.05, 0) is 26.0 Å². The van der Waals surface area contributed by atoms with Crippen LogP contribution in [0, 0.1) is 0 Å². The van der Waals surface area contributed by atoms with Gasteiger partial charge < -0.3 is 15.7 Å². The van der Waals surface area contributed by atoms with Crippen molar-refractivity contribution in [2.45, 2.75) is 26.0 Å². The molecule has 5 nitrogen and oxygen atoms in total. The molecule has 0 unspecified atom stereocenters. The molecule has 0 atom stereocenters. The van der Waals surface area contributed by atoms with Crippen molar-refractivity contribution in [1.82, 2.24) is 9.88 Å². The number of carbonyl (C=O) groups excluding carboxylic acids is 1. The quantitative estimate of drug-likeness (QED) is 0.777. The number of amides is 1. The van der Waals surface area contributed by atoms with E-state index < -0.39 is 5.60 Å². The number of carbonyl (C=O) groups is 1. The van der Waals surface area contributed by atoms with Crippen LogP contribution in [-0.2, 0) is 11.3 Å². The maximum atomic E-state index is 11.7. The molecular formula is C11H17N3O2. The van der Waals surface area contributed by atoms with Crippen molar-refractivity contribution < 1.29 is 9.90 Å². The molecule has 0 fully saturated rings. The zero-order valence-electron chi connectivity index (χ0n) is 9.77. The third-order valence-corrected chi connectivity index (χ3v) is 2.12. The number of hydrogen-bond acceptors (Lipinski definition) is 4. The summed E-state index contributed by atoms with van der Waals surface area (Å²) < 4.78 is 0. The van der Waals surface area contributed by atoms with Crippen LogP contribution < -0.4 is 5.73 Å². The summed E-state index contributed by atoms with van der Waals surface area (Å²) in [5.41, 5.74) is 5.46. The minimum absolute atomic E-state index is 0.342. The van der Waals surface area contributed by atoms with E-state index in [1.54, 1.807) is 19.2 Å². The smallest absolute Gasteiger partial charge is 0.254 e. The Hall–Kier alpha value is -1.62. The number of aliphatic hydroxyl groups is 1. The van der Waals surface area contributed by atoms with E-state index in [9.17, 15) is 9.90 Å². The molecule has 0 aliphatic heterocycles. The second-order valence-electron chi connectivity index (χ2n) is 4.30. The van der Waals surface area contributed by atoms with Crippen LogP contribution in [0.1, 0.15) is 19.5 Å². The predicted octanol–water partition coefficient (Wildman–Crippen LogP) is 0.393. The number of pyridine rings is 1. The number of rotatable bonds is 3. The van der Waals surface area contributed by atoms with Crippen molar-refractivity contribution >= 4 is 11.6 Å². The molecule has 0 saturated carbocycles. The van der Waals surface area contributed by atoms with Gasteiger partial charge in [-0.2, -0.15) is 0 Å². The van der Waals surface area contributed by atoms with E-state index in [2.05, 4.69) is 4.98 Å². The predicted molar refractivity (Wildman–Crippen MR) is 61.4 cm³/mol. The Morgan fingerprint density at radius 3 is 2.62 bits per heavy atom. The van der Waals surface area contributed by atoms with Crippen molar-refractivity contribution in [2.24, 2.45) is 0 Å².